The van der Waals surface area contributed by atoms with Crippen LogP contribution in [0.5, 0.6) is 0 Å². The van der Waals surface area contributed by atoms with Gasteiger partial charge >= 0.3 is 5.97 Å². The fourth-order valence-electron chi connectivity index (χ4n) is 3.15. The number of carbonyl (C=O) groups is 2. The lowest BCUT2D eigenvalue weighted by Gasteiger charge is -2.13. The Hall–Kier alpha value is -3.65. The molecule has 0 aliphatic rings. The quantitative estimate of drug-likeness (QED) is 0.538. The molecule has 0 unspecified atom stereocenters. The van der Waals surface area contributed by atoms with Gasteiger partial charge in [-0.3, -0.25) is 9.52 Å². The summed E-state index contributed by atoms with van der Waals surface area (Å²) < 4.78 is 33.2. The fourth-order valence-corrected chi connectivity index (χ4v) is 4.47. The van der Waals surface area contributed by atoms with Crippen LogP contribution in [0.2, 0.25) is 0 Å². The van der Waals surface area contributed by atoms with E-state index in [4.69, 9.17) is 4.74 Å². The molecule has 1 amide bonds. The van der Waals surface area contributed by atoms with E-state index in [1.54, 1.807) is 56.3 Å². The zero-order valence-electron chi connectivity index (χ0n) is 18.2. The molecule has 3 aromatic rings. The van der Waals surface area contributed by atoms with E-state index in [1.165, 1.54) is 19.2 Å². The Morgan fingerprint density at radius 1 is 0.844 bits per heavy atom. The summed E-state index contributed by atoms with van der Waals surface area (Å²) in [7, 11) is -2.63. The van der Waals surface area contributed by atoms with Gasteiger partial charge in [0.1, 0.15) is 0 Å². The van der Waals surface area contributed by atoms with Crippen molar-refractivity contribution in [3.05, 3.63) is 88.5 Å². The maximum atomic E-state index is 13.0. The minimum absolute atomic E-state index is 0.00619. The number of hydrogen-bond acceptors (Lipinski definition) is 5. The van der Waals surface area contributed by atoms with Gasteiger partial charge in [0.15, 0.2) is 0 Å². The third-order valence-electron chi connectivity index (χ3n) is 4.92. The van der Waals surface area contributed by atoms with E-state index < -0.39 is 21.9 Å². The topological polar surface area (TPSA) is 102 Å². The Kier molecular flexibility index (Phi) is 6.64. The van der Waals surface area contributed by atoms with E-state index >= 15 is 0 Å². The molecule has 2 N–H and O–H groups in total. The number of sulfonamides is 1. The lowest BCUT2D eigenvalue weighted by Crippen LogP contribution is -2.17. The number of carbonyl (C=O) groups excluding carboxylic acids is 2. The van der Waals surface area contributed by atoms with E-state index in [9.17, 15) is 18.0 Å². The molecule has 0 aromatic heterocycles. The standard InChI is InChI=1S/C24H24N2O5S/c1-15-6-5-7-20(12-15)26-32(29,30)22-14-18(10-9-17(22)3)23(27)25-21-13-19(24(28)31-4)11-8-16(21)2/h5-14,26H,1-4H3,(H,25,27). The molecule has 0 atom stereocenters. The number of amides is 1. The molecule has 3 aromatic carbocycles. The molecule has 0 radical (unpaired) electrons. The third-order valence-corrected chi connectivity index (χ3v) is 6.44. The SMILES string of the molecule is COC(=O)c1ccc(C)c(NC(=O)c2ccc(C)c(S(=O)(=O)Nc3cccc(C)c3)c2)c1. The van der Waals surface area contributed by atoms with Crippen LogP contribution >= 0.6 is 0 Å². The minimum Gasteiger partial charge on any atom is -0.465 e. The Morgan fingerprint density at radius 2 is 1.53 bits per heavy atom. The van der Waals surface area contributed by atoms with Gasteiger partial charge in [-0.05, 0) is 73.9 Å². The van der Waals surface area contributed by atoms with E-state index in [0.29, 0.717) is 22.5 Å². The van der Waals surface area contributed by atoms with Crippen molar-refractivity contribution in [3.8, 4) is 0 Å². The summed E-state index contributed by atoms with van der Waals surface area (Å²) in [5.74, 6) is -1.02. The first-order valence-corrected chi connectivity index (χ1v) is 11.3. The summed E-state index contributed by atoms with van der Waals surface area (Å²) >= 11 is 0. The van der Waals surface area contributed by atoms with E-state index in [2.05, 4.69) is 10.0 Å². The number of methoxy groups -OCH3 is 1. The highest BCUT2D eigenvalue weighted by Gasteiger charge is 2.20. The summed E-state index contributed by atoms with van der Waals surface area (Å²) in [4.78, 5) is 24.7. The summed E-state index contributed by atoms with van der Waals surface area (Å²) in [6.45, 7) is 5.31. The molecule has 0 fully saturated rings. The van der Waals surface area contributed by atoms with Crippen LogP contribution in [-0.4, -0.2) is 27.4 Å². The van der Waals surface area contributed by atoms with Gasteiger partial charge in [0.25, 0.3) is 15.9 Å². The maximum Gasteiger partial charge on any atom is 0.337 e. The van der Waals surface area contributed by atoms with Gasteiger partial charge in [-0.15, -0.1) is 0 Å². The zero-order chi connectivity index (χ0) is 23.5. The second-order valence-electron chi connectivity index (χ2n) is 7.43. The Bertz CT molecular complexity index is 1300. The number of benzene rings is 3. The highest BCUT2D eigenvalue weighted by Crippen LogP contribution is 2.23. The molecule has 0 heterocycles. The summed E-state index contributed by atoms with van der Waals surface area (Å²) in [6.07, 6.45) is 0. The van der Waals surface area contributed by atoms with Crippen LogP contribution in [0.1, 0.15) is 37.4 Å². The van der Waals surface area contributed by atoms with Crippen LogP contribution in [0.3, 0.4) is 0 Å². The van der Waals surface area contributed by atoms with Crippen molar-refractivity contribution in [2.45, 2.75) is 25.7 Å². The van der Waals surface area contributed by atoms with Crippen LogP contribution in [0.4, 0.5) is 11.4 Å². The molecule has 0 saturated heterocycles. The van der Waals surface area contributed by atoms with Crippen molar-refractivity contribution in [1.82, 2.24) is 0 Å². The van der Waals surface area contributed by atoms with Crippen molar-refractivity contribution in [1.29, 1.82) is 0 Å². The lowest BCUT2D eigenvalue weighted by molar-refractivity contribution is 0.0600. The minimum atomic E-state index is -3.91. The van der Waals surface area contributed by atoms with Crippen LogP contribution in [0, 0.1) is 20.8 Å². The molecule has 32 heavy (non-hydrogen) atoms. The number of rotatable bonds is 6. The number of aryl methyl sites for hydroxylation is 3. The monoisotopic (exact) mass is 452 g/mol. The Balaban J connectivity index is 1.90. The summed E-state index contributed by atoms with van der Waals surface area (Å²) in [6, 6.07) is 16.3. The van der Waals surface area contributed by atoms with Crippen LogP contribution in [0.15, 0.2) is 65.6 Å². The van der Waals surface area contributed by atoms with E-state index in [1.807, 2.05) is 13.0 Å². The van der Waals surface area contributed by atoms with Gasteiger partial charge in [0.05, 0.1) is 17.6 Å². The normalized spacial score (nSPS) is 11.0. The second kappa shape index (κ2) is 9.23. The number of nitrogens with one attached hydrogen (secondary N) is 2. The van der Waals surface area contributed by atoms with Gasteiger partial charge in [-0.2, -0.15) is 0 Å². The van der Waals surface area contributed by atoms with Crippen molar-refractivity contribution in [3.63, 3.8) is 0 Å². The first kappa shape index (κ1) is 23.0. The molecule has 0 aliphatic heterocycles. The van der Waals surface area contributed by atoms with Crippen LogP contribution < -0.4 is 10.0 Å². The van der Waals surface area contributed by atoms with Crippen molar-refractivity contribution in [2.75, 3.05) is 17.1 Å². The molecular weight excluding hydrogens is 428 g/mol. The van der Waals surface area contributed by atoms with Crippen molar-refractivity contribution in [2.24, 2.45) is 0 Å². The molecule has 0 spiro atoms. The lowest BCUT2D eigenvalue weighted by atomic mass is 10.1. The van der Waals surface area contributed by atoms with Gasteiger partial charge in [-0.25, -0.2) is 13.2 Å². The third kappa shape index (κ3) is 5.15. The fraction of sp³-hybridized carbons (Fsp3) is 0.167. The van der Waals surface area contributed by atoms with Gasteiger partial charge in [0, 0.05) is 16.9 Å². The molecule has 0 saturated carbocycles. The Morgan fingerprint density at radius 3 is 2.22 bits per heavy atom. The zero-order valence-corrected chi connectivity index (χ0v) is 19.0. The first-order chi connectivity index (χ1) is 15.1. The average Bonchev–Trinajstić information content (AvgIpc) is 2.74. The van der Waals surface area contributed by atoms with Gasteiger partial charge < -0.3 is 10.1 Å². The first-order valence-electron chi connectivity index (χ1n) is 9.81. The summed E-state index contributed by atoms with van der Waals surface area (Å²) in [5.41, 5.74) is 3.50. The maximum absolute atomic E-state index is 13.0. The predicted molar refractivity (Wildman–Crippen MR) is 124 cm³/mol. The van der Waals surface area contributed by atoms with E-state index in [-0.39, 0.29) is 10.5 Å². The number of hydrogen-bond donors (Lipinski definition) is 2. The molecule has 7 nitrogen and oxygen atoms in total. The van der Waals surface area contributed by atoms with Gasteiger partial charge in [0.2, 0.25) is 0 Å². The number of anilines is 2. The molecule has 0 aliphatic carbocycles. The second-order valence-corrected chi connectivity index (χ2v) is 9.08. The molecule has 166 valence electrons. The largest absolute Gasteiger partial charge is 0.465 e. The van der Waals surface area contributed by atoms with Crippen molar-refractivity contribution < 1.29 is 22.7 Å². The smallest absolute Gasteiger partial charge is 0.337 e. The van der Waals surface area contributed by atoms with Crippen LogP contribution in [0.25, 0.3) is 0 Å². The number of esters is 1. The Labute approximate surface area is 187 Å². The number of ether oxygens (including phenoxy) is 1. The van der Waals surface area contributed by atoms with Gasteiger partial charge in [-0.1, -0.05) is 24.3 Å². The van der Waals surface area contributed by atoms with Crippen molar-refractivity contribution >= 4 is 33.3 Å². The summed E-state index contributed by atoms with van der Waals surface area (Å²) in [5, 5.41) is 2.74. The average molecular weight is 453 g/mol. The highest BCUT2D eigenvalue weighted by atomic mass is 32.2. The molecule has 3 rings (SSSR count). The molecule has 8 heteroatoms. The molecular formula is C24H24N2O5S. The van der Waals surface area contributed by atoms with Crippen LogP contribution in [-0.2, 0) is 14.8 Å². The van der Waals surface area contributed by atoms with E-state index in [0.717, 1.165) is 11.1 Å². The highest BCUT2D eigenvalue weighted by molar-refractivity contribution is 7.92. The predicted octanol–water partition coefficient (Wildman–Crippen LogP) is 4.45. The molecule has 0 bridgehead atoms.